The lowest BCUT2D eigenvalue weighted by molar-refractivity contribution is -0.137. The average Bonchev–Trinajstić information content (AvgIpc) is 3.09. The number of hydrogen-bond donors (Lipinski definition) is 0. The highest BCUT2D eigenvalue weighted by atomic mass is 19.4. The number of alkyl halides is 3. The number of tetrazole rings is 1. The molecule has 1 aliphatic rings. The maximum Gasteiger partial charge on any atom is 0.416 e. The van der Waals surface area contributed by atoms with Gasteiger partial charge in [0.25, 0.3) is 0 Å². The molecule has 0 spiro atoms. The molecule has 25 heavy (non-hydrogen) atoms. The predicted molar refractivity (Wildman–Crippen MR) is 84.4 cm³/mol. The average molecular weight is 349 g/mol. The molecule has 1 aliphatic heterocycles. The van der Waals surface area contributed by atoms with Crippen LogP contribution in [0.15, 0.2) is 36.4 Å². The Morgan fingerprint density at radius 2 is 1.68 bits per heavy atom. The molecule has 1 saturated heterocycles. The summed E-state index contributed by atoms with van der Waals surface area (Å²) in [4.78, 5) is 4.01. The zero-order valence-electron chi connectivity index (χ0n) is 13.1. The van der Waals surface area contributed by atoms with Crippen LogP contribution in [-0.4, -0.2) is 51.4 Å². The Morgan fingerprint density at radius 1 is 0.920 bits per heavy atom. The third-order valence-electron chi connectivity index (χ3n) is 4.20. The monoisotopic (exact) mass is 349 g/mol. The van der Waals surface area contributed by atoms with Gasteiger partial charge in [0.05, 0.1) is 5.56 Å². The summed E-state index contributed by atoms with van der Waals surface area (Å²) >= 11 is 0. The Bertz CT molecular complexity index is 884. The summed E-state index contributed by atoms with van der Waals surface area (Å²) in [5.74, 6) is 0.739. The number of nitrogens with zero attached hydrogens (tertiary/aromatic N) is 7. The highest BCUT2D eigenvalue weighted by Gasteiger charge is 2.31. The number of fused-ring (bicyclic) bond motifs is 1. The molecule has 0 atom stereocenters. The van der Waals surface area contributed by atoms with E-state index in [1.165, 1.54) is 16.8 Å². The van der Waals surface area contributed by atoms with Crippen molar-refractivity contribution in [2.45, 2.75) is 6.18 Å². The molecule has 3 heterocycles. The Morgan fingerprint density at radius 3 is 2.44 bits per heavy atom. The fraction of sp³-hybridized carbons (Fsp3) is 0.333. The van der Waals surface area contributed by atoms with Crippen molar-refractivity contribution in [2.75, 3.05) is 36.0 Å². The van der Waals surface area contributed by atoms with Gasteiger partial charge in [-0.15, -0.1) is 14.8 Å². The first-order chi connectivity index (χ1) is 12.0. The van der Waals surface area contributed by atoms with E-state index in [9.17, 15) is 13.2 Å². The first-order valence-corrected chi connectivity index (χ1v) is 7.73. The van der Waals surface area contributed by atoms with E-state index >= 15 is 0 Å². The third-order valence-corrected chi connectivity index (χ3v) is 4.20. The van der Waals surface area contributed by atoms with Gasteiger partial charge in [0.15, 0.2) is 11.5 Å². The van der Waals surface area contributed by atoms with Crippen LogP contribution in [0.25, 0.3) is 5.65 Å². The van der Waals surface area contributed by atoms with E-state index in [1.54, 1.807) is 12.1 Å². The Hall–Kier alpha value is -2.91. The first-order valence-electron chi connectivity index (χ1n) is 7.73. The lowest BCUT2D eigenvalue weighted by atomic mass is 10.1. The Kier molecular flexibility index (Phi) is 3.66. The second-order valence-electron chi connectivity index (χ2n) is 5.74. The standard InChI is InChI=1S/C15H14F3N7/c16-15(17,18)11-2-1-3-12(10-11)23-6-8-24(9-7-23)14-5-4-13-19-21-22-25(13)20-14/h1-5,10H,6-9H2. The molecule has 1 aromatic carbocycles. The second-order valence-corrected chi connectivity index (χ2v) is 5.74. The van der Waals surface area contributed by atoms with Gasteiger partial charge in [-0.05, 0) is 40.8 Å². The van der Waals surface area contributed by atoms with Crippen LogP contribution in [0.4, 0.5) is 24.7 Å². The summed E-state index contributed by atoms with van der Waals surface area (Å²) < 4.78 is 40.0. The molecule has 10 heteroatoms. The van der Waals surface area contributed by atoms with Crippen LogP contribution in [0.3, 0.4) is 0 Å². The van der Waals surface area contributed by atoms with Gasteiger partial charge >= 0.3 is 6.18 Å². The van der Waals surface area contributed by atoms with Crippen molar-refractivity contribution < 1.29 is 13.2 Å². The molecule has 4 rings (SSSR count). The molecule has 3 aromatic rings. The van der Waals surface area contributed by atoms with Gasteiger partial charge in [-0.3, -0.25) is 0 Å². The molecule has 0 bridgehead atoms. The van der Waals surface area contributed by atoms with E-state index in [-0.39, 0.29) is 0 Å². The largest absolute Gasteiger partial charge is 0.416 e. The molecule has 1 fully saturated rings. The van der Waals surface area contributed by atoms with E-state index in [2.05, 4.69) is 25.5 Å². The lowest BCUT2D eigenvalue weighted by Crippen LogP contribution is -2.47. The van der Waals surface area contributed by atoms with Crippen molar-refractivity contribution in [3.63, 3.8) is 0 Å². The molecule has 0 radical (unpaired) electrons. The van der Waals surface area contributed by atoms with E-state index in [0.29, 0.717) is 37.5 Å². The topological polar surface area (TPSA) is 62.5 Å². The van der Waals surface area contributed by atoms with Crippen LogP contribution in [0.2, 0.25) is 0 Å². The van der Waals surface area contributed by atoms with Crippen LogP contribution in [0.5, 0.6) is 0 Å². The number of hydrogen-bond acceptors (Lipinski definition) is 6. The van der Waals surface area contributed by atoms with Gasteiger partial charge in [-0.2, -0.15) is 13.2 Å². The number of benzene rings is 1. The minimum Gasteiger partial charge on any atom is -0.368 e. The summed E-state index contributed by atoms with van der Waals surface area (Å²) in [5, 5.41) is 15.5. The first kappa shape index (κ1) is 15.6. The normalized spacial score (nSPS) is 15.8. The second kappa shape index (κ2) is 5.87. The van der Waals surface area contributed by atoms with Gasteiger partial charge < -0.3 is 9.80 Å². The molecular formula is C15H14F3N7. The number of rotatable bonds is 2. The van der Waals surface area contributed by atoms with Gasteiger partial charge in [0, 0.05) is 31.9 Å². The zero-order chi connectivity index (χ0) is 17.4. The van der Waals surface area contributed by atoms with Crippen LogP contribution in [0.1, 0.15) is 5.56 Å². The van der Waals surface area contributed by atoms with E-state index in [1.807, 2.05) is 11.0 Å². The number of aromatic nitrogens is 5. The molecule has 0 N–H and O–H groups in total. The summed E-state index contributed by atoms with van der Waals surface area (Å²) in [7, 11) is 0. The molecule has 0 aliphatic carbocycles. The molecule has 7 nitrogen and oxygen atoms in total. The van der Waals surface area contributed by atoms with Crippen molar-refractivity contribution >= 4 is 17.2 Å². The molecule has 2 aromatic heterocycles. The highest BCUT2D eigenvalue weighted by molar-refractivity contribution is 5.52. The van der Waals surface area contributed by atoms with Crippen LogP contribution in [0, 0.1) is 0 Å². The van der Waals surface area contributed by atoms with Crippen LogP contribution in [-0.2, 0) is 6.18 Å². The predicted octanol–water partition coefficient (Wildman–Crippen LogP) is 1.86. The summed E-state index contributed by atoms with van der Waals surface area (Å²) in [6.45, 7) is 2.51. The number of anilines is 2. The van der Waals surface area contributed by atoms with Crippen molar-refractivity contribution in [3.8, 4) is 0 Å². The lowest BCUT2D eigenvalue weighted by Gasteiger charge is -2.36. The van der Waals surface area contributed by atoms with Crippen molar-refractivity contribution in [2.24, 2.45) is 0 Å². The Balaban J connectivity index is 1.48. The molecule has 0 amide bonds. The van der Waals surface area contributed by atoms with E-state index < -0.39 is 11.7 Å². The highest BCUT2D eigenvalue weighted by Crippen LogP contribution is 2.32. The third kappa shape index (κ3) is 3.06. The van der Waals surface area contributed by atoms with Gasteiger partial charge in [-0.1, -0.05) is 6.07 Å². The van der Waals surface area contributed by atoms with E-state index in [4.69, 9.17) is 0 Å². The summed E-state index contributed by atoms with van der Waals surface area (Å²) in [6.07, 6.45) is -4.33. The van der Waals surface area contributed by atoms with Crippen molar-refractivity contribution in [1.29, 1.82) is 0 Å². The maximum atomic E-state index is 12.9. The van der Waals surface area contributed by atoms with Gasteiger partial charge in [0.2, 0.25) is 0 Å². The van der Waals surface area contributed by atoms with Gasteiger partial charge in [0.1, 0.15) is 0 Å². The fourth-order valence-corrected chi connectivity index (χ4v) is 2.88. The van der Waals surface area contributed by atoms with Crippen molar-refractivity contribution in [1.82, 2.24) is 25.3 Å². The summed E-state index contributed by atoms with van der Waals surface area (Å²) in [5.41, 5.74) is 0.517. The molecule has 0 saturated carbocycles. The van der Waals surface area contributed by atoms with Gasteiger partial charge in [-0.25, -0.2) is 0 Å². The minimum absolute atomic E-state index is 0.561. The van der Waals surface area contributed by atoms with Crippen LogP contribution >= 0.6 is 0 Å². The minimum atomic E-state index is -4.33. The number of piperazine rings is 1. The SMILES string of the molecule is FC(F)(F)c1cccc(N2CCN(c3ccc4nnnn4n3)CC2)c1. The quantitative estimate of drug-likeness (QED) is 0.704. The fourth-order valence-electron chi connectivity index (χ4n) is 2.88. The zero-order valence-corrected chi connectivity index (χ0v) is 13.1. The molecular weight excluding hydrogens is 335 g/mol. The maximum absolute atomic E-state index is 12.9. The van der Waals surface area contributed by atoms with Crippen LogP contribution < -0.4 is 9.80 Å². The Labute approximate surface area is 140 Å². The summed E-state index contributed by atoms with van der Waals surface area (Å²) in [6, 6.07) is 9.05. The van der Waals surface area contributed by atoms with Crippen molar-refractivity contribution in [3.05, 3.63) is 42.0 Å². The van der Waals surface area contributed by atoms with E-state index in [0.717, 1.165) is 11.9 Å². The molecule has 0 unspecified atom stereocenters. The smallest absolute Gasteiger partial charge is 0.368 e. The number of halogens is 3. The molecule has 130 valence electrons.